The Kier molecular flexibility index (Phi) is 13.1. The van der Waals surface area contributed by atoms with Crippen molar-refractivity contribution in [1.29, 1.82) is 0 Å². The van der Waals surface area contributed by atoms with Crippen molar-refractivity contribution in [2.24, 2.45) is 0 Å². The van der Waals surface area contributed by atoms with Gasteiger partial charge in [-0.1, -0.05) is 80.4 Å². The fourth-order valence-corrected chi connectivity index (χ4v) is 5.58. The van der Waals surface area contributed by atoms with E-state index in [2.05, 4.69) is 104 Å². The van der Waals surface area contributed by atoms with Crippen molar-refractivity contribution in [3.05, 3.63) is 89.0 Å². The Morgan fingerprint density at radius 2 is 1.85 bits per heavy atom. The second-order valence-electron chi connectivity index (χ2n) is 10.3. The number of nitrogens with one attached hydrogen (secondary N) is 1. The average Bonchev–Trinajstić information content (AvgIpc) is 2.92. The van der Waals surface area contributed by atoms with E-state index >= 15 is 0 Å². The Balaban J connectivity index is 1.64. The van der Waals surface area contributed by atoms with Gasteiger partial charge in [-0.3, -0.25) is 4.79 Å². The number of rotatable bonds is 16. The summed E-state index contributed by atoms with van der Waals surface area (Å²) in [5, 5.41) is 2.97. The van der Waals surface area contributed by atoms with E-state index in [9.17, 15) is 4.79 Å². The van der Waals surface area contributed by atoms with Crippen molar-refractivity contribution in [2.75, 3.05) is 31.6 Å². The number of hydrogen-bond donors (Lipinski definition) is 1. The first-order valence-electron chi connectivity index (χ1n) is 14.5. The molecule has 39 heavy (non-hydrogen) atoms. The van der Waals surface area contributed by atoms with Gasteiger partial charge in [0, 0.05) is 40.2 Å². The van der Waals surface area contributed by atoms with Gasteiger partial charge < -0.3 is 10.2 Å². The minimum Gasteiger partial charge on any atom is -0.350 e. The van der Waals surface area contributed by atoms with Gasteiger partial charge in [0.25, 0.3) is 0 Å². The first-order valence-corrected chi connectivity index (χ1v) is 15.3. The van der Waals surface area contributed by atoms with Crippen LogP contribution in [0.5, 0.6) is 0 Å². The minimum atomic E-state index is 0.136. The third kappa shape index (κ3) is 10.6. The second-order valence-corrected chi connectivity index (χ2v) is 11.5. The van der Waals surface area contributed by atoms with Gasteiger partial charge in [-0.15, -0.1) is 0 Å². The number of carbonyl (C=O) groups excluding carboxylic acids is 1. The van der Waals surface area contributed by atoms with Gasteiger partial charge in [0.05, 0.1) is 6.54 Å². The molecular formula is C34H46N3OS+. The zero-order valence-electron chi connectivity index (χ0n) is 24.1. The molecule has 0 spiro atoms. The minimum absolute atomic E-state index is 0.136. The standard InChI is InChI=1S/C34H45N3OS/c1-5-6-7-9-17-30(39-33-20-14-11-16-28(33)2)27-29-22-25-37(32-19-13-12-18-31(29)32)24-15-8-10-21-34(38)35-23-26-36(3)4/h11-14,16-20,22,25,27H,3,5-10,15,21,23-24,26H2,1-2,4H3/p+1/b29-27+,30-17-. The highest BCUT2D eigenvalue weighted by Gasteiger charge is 2.16. The number of aryl methyl sites for hydroxylation is 1. The molecule has 1 amide bonds. The van der Waals surface area contributed by atoms with Crippen LogP contribution < -0.4 is 10.2 Å². The summed E-state index contributed by atoms with van der Waals surface area (Å²) in [7, 11) is 1.91. The number of amides is 1. The van der Waals surface area contributed by atoms with E-state index in [1.165, 1.54) is 51.5 Å². The Morgan fingerprint density at radius 3 is 2.64 bits per heavy atom. The zero-order chi connectivity index (χ0) is 27.9. The van der Waals surface area contributed by atoms with Gasteiger partial charge >= 0.3 is 0 Å². The normalized spacial score (nSPS) is 14.0. The summed E-state index contributed by atoms with van der Waals surface area (Å²) >= 11 is 1.87. The number of fused-ring (bicyclic) bond motifs is 1. The lowest BCUT2D eigenvalue weighted by Crippen LogP contribution is -2.29. The van der Waals surface area contributed by atoms with Crippen molar-refractivity contribution in [3.63, 3.8) is 0 Å². The van der Waals surface area contributed by atoms with Crippen LogP contribution in [0.4, 0.5) is 5.69 Å². The van der Waals surface area contributed by atoms with E-state index in [-0.39, 0.29) is 5.91 Å². The molecule has 2 aromatic rings. The van der Waals surface area contributed by atoms with E-state index in [0.29, 0.717) is 13.0 Å². The highest BCUT2D eigenvalue weighted by Crippen LogP contribution is 2.37. The molecule has 0 bridgehead atoms. The number of unbranched alkanes of at least 4 members (excludes halogenated alkanes) is 5. The smallest absolute Gasteiger partial charge is 0.220 e. The fourth-order valence-electron chi connectivity index (χ4n) is 4.57. The number of benzene rings is 2. The number of nitrogens with zero attached hydrogens (tertiary/aromatic N) is 2. The predicted molar refractivity (Wildman–Crippen MR) is 170 cm³/mol. The first-order chi connectivity index (χ1) is 19.0. The van der Waals surface area contributed by atoms with Gasteiger partial charge in [-0.25, -0.2) is 4.58 Å². The molecule has 0 atom stereocenters. The summed E-state index contributed by atoms with van der Waals surface area (Å²) in [4.78, 5) is 17.0. The molecule has 0 aromatic heterocycles. The van der Waals surface area contributed by atoms with Gasteiger partial charge in [-0.2, -0.15) is 0 Å². The van der Waals surface area contributed by atoms with Gasteiger partial charge in [-0.05, 0) is 68.0 Å². The molecule has 1 aliphatic rings. The van der Waals surface area contributed by atoms with Crippen LogP contribution in [0.25, 0.3) is 5.57 Å². The van der Waals surface area contributed by atoms with Gasteiger partial charge in [0.15, 0.2) is 6.54 Å². The Bertz CT molecular complexity index is 1180. The Morgan fingerprint density at radius 1 is 1.05 bits per heavy atom. The fraction of sp³-hybridized carbons (Fsp3) is 0.412. The number of allylic oxidation sites excluding steroid dienone is 4. The molecule has 0 saturated carbocycles. The van der Waals surface area contributed by atoms with Crippen molar-refractivity contribution in [1.82, 2.24) is 5.32 Å². The quantitative estimate of drug-likeness (QED) is 0.101. The number of para-hydroxylation sites is 1. The van der Waals surface area contributed by atoms with Crippen LogP contribution in [0.15, 0.2) is 82.8 Å². The lowest BCUT2D eigenvalue weighted by atomic mass is 9.99. The van der Waals surface area contributed by atoms with Crippen molar-refractivity contribution in [3.8, 4) is 0 Å². The lowest BCUT2D eigenvalue weighted by molar-refractivity contribution is -0.486. The van der Waals surface area contributed by atoms with Crippen molar-refractivity contribution < 1.29 is 9.37 Å². The highest BCUT2D eigenvalue weighted by molar-refractivity contribution is 8.03. The SMILES string of the molecule is C=[N+](C)CCNC(=O)CCCCCN1C=C/C(=C\C(=C\CCCCC)Sc2ccccc2C)c2ccccc21. The van der Waals surface area contributed by atoms with E-state index in [4.69, 9.17) is 0 Å². The van der Waals surface area contributed by atoms with Crippen LogP contribution in [0.2, 0.25) is 0 Å². The van der Waals surface area contributed by atoms with E-state index in [1.807, 2.05) is 23.4 Å². The molecule has 0 unspecified atom stereocenters. The third-order valence-electron chi connectivity index (χ3n) is 6.85. The molecule has 5 heteroatoms. The number of hydrogen-bond acceptors (Lipinski definition) is 3. The van der Waals surface area contributed by atoms with Gasteiger partial charge in [0.1, 0.15) is 13.8 Å². The maximum absolute atomic E-state index is 12.0. The largest absolute Gasteiger partial charge is 0.350 e. The van der Waals surface area contributed by atoms with Crippen LogP contribution in [0.1, 0.15) is 69.4 Å². The summed E-state index contributed by atoms with van der Waals surface area (Å²) in [6.07, 6.45) is 17.7. The van der Waals surface area contributed by atoms with Crippen LogP contribution in [-0.2, 0) is 4.79 Å². The van der Waals surface area contributed by atoms with Crippen LogP contribution >= 0.6 is 11.8 Å². The van der Waals surface area contributed by atoms with Crippen molar-refractivity contribution >= 4 is 35.6 Å². The zero-order valence-corrected chi connectivity index (χ0v) is 24.9. The monoisotopic (exact) mass is 544 g/mol. The summed E-state index contributed by atoms with van der Waals surface area (Å²) in [5.74, 6) is 0.136. The summed E-state index contributed by atoms with van der Waals surface area (Å²) in [6, 6.07) is 17.4. The van der Waals surface area contributed by atoms with Crippen LogP contribution in [-0.4, -0.2) is 43.9 Å². The summed E-state index contributed by atoms with van der Waals surface area (Å²) < 4.78 is 1.83. The number of thioether (sulfide) groups is 1. The Hall–Kier alpha value is -3.05. The molecule has 0 radical (unpaired) electrons. The predicted octanol–water partition coefficient (Wildman–Crippen LogP) is 7.99. The molecule has 2 aromatic carbocycles. The van der Waals surface area contributed by atoms with Gasteiger partial charge in [0.2, 0.25) is 5.91 Å². The Labute approximate surface area is 240 Å². The summed E-state index contributed by atoms with van der Waals surface area (Å²) in [6.45, 7) is 10.6. The lowest BCUT2D eigenvalue weighted by Gasteiger charge is -2.28. The first kappa shape index (κ1) is 30.5. The third-order valence-corrected chi connectivity index (χ3v) is 8.05. The highest BCUT2D eigenvalue weighted by atomic mass is 32.2. The van der Waals surface area contributed by atoms with E-state index in [1.54, 1.807) is 0 Å². The molecule has 1 aliphatic heterocycles. The topological polar surface area (TPSA) is 35.4 Å². The molecule has 3 rings (SSSR count). The molecule has 4 nitrogen and oxygen atoms in total. The van der Waals surface area contributed by atoms with Crippen LogP contribution in [0.3, 0.4) is 0 Å². The van der Waals surface area contributed by atoms with E-state index in [0.717, 1.165) is 38.8 Å². The molecular weight excluding hydrogens is 498 g/mol. The molecule has 1 N–H and O–H groups in total. The maximum Gasteiger partial charge on any atom is 0.220 e. The van der Waals surface area contributed by atoms with E-state index < -0.39 is 0 Å². The number of likely N-dealkylation sites (N-methyl/N-ethyl adjacent to an activating group) is 1. The molecule has 0 fully saturated rings. The summed E-state index contributed by atoms with van der Waals surface area (Å²) in [5.41, 5.74) is 5.11. The number of anilines is 1. The maximum atomic E-state index is 12.0. The van der Waals surface area contributed by atoms with Crippen molar-refractivity contribution in [2.45, 2.75) is 70.1 Å². The molecule has 0 saturated heterocycles. The molecule has 208 valence electrons. The van der Waals surface area contributed by atoms with Crippen LogP contribution in [0, 0.1) is 6.92 Å². The second kappa shape index (κ2) is 16.8. The molecule has 0 aliphatic carbocycles. The molecule has 1 heterocycles. The number of carbonyl (C=O) groups is 1. The average molecular weight is 545 g/mol.